The zero-order chi connectivity index (χ0) is 10.1. The van der Waals surface area contributed by atoms with Crippen molar-refractivity contribution in [3.05, 3.63) is 23.1 Å². The summed E-state index contributed by atoms with van der Waals surface area (Å²) in [6, 6.07) is 4.01. The van der Waals surface area contributed by atoms with Gasteiger partial charge in [0, 0.05) is 10.8 Å². The Hall–Kier alpha value is -1.22. The lowest BCUT2D eigenvalue weighted by molar-refractivity contribution is 0.417. The van der Waals surface area contributed by atoms with Crippen LogP contribution in [0.2, 0.25) is 0 Å². The van der Waals surface area contributed by atoms with Crippen molar-refractivity contribution >= 4 is 27.1 Å². The summed E-state index contributed by atoms with van der Waals surface area (Å²) >= 11 is 1.74. The number of rotatable bonds is 2. The molecule has 2 aromatic rings. The zero-order valence-electron chi connectivity index (χ0n) is 8.33. The van der Waals surface area contributed by atoms with Crippen LogP contribution in [0.25, 0.3) is 10.1 Å². The average molecular weight is 207 g/mol. The van der Waals surface area contributed by atoms with Crippen LogP contribution in [0.5, 0.6) is 5.75 Å². The van der Waals surface area contributed by atoms with Gasteiger partial charge in [-0.05, 0) is 28.8 Å². The third kappa shape index (κ3) is 1.34. The van der Waals surface area contributed by atoms with Crippen molar-refractivity contribution in [3.63, 3.8) is 0 Å². The van der Waals surface area contributed by atoms with E-state index in [1.54, 1.807) is 18.4 Å². The maximum Gasteiger partial charge on any atom is 0.143 e. The first kappa shape index (κ1) is 9.34. The van der Waals surface area contributed by atoms with Crippen LogP contribution in [0.3, 0.4) is 0 Å². The summed E-state index contributed by atoms with van der Waals surface area (Å²) in [7, 11) is 1.64. The van der Waals surface area contributed by atoms with Crippen LogP contribution < -0.4 is 10.5 Å². The number of hydrogen-bond donors (Lipinski definition) is 1. The van der Waals surface area contributed by atoms with Gasteiger partial charge in [-0.15, -0.1) is 11.3 Å². The Kier molecular flexibility index (Phi) is 2.33. The summed E-state index contributed by atoms with van der Waals surface area (Å²) in [5.41, 5.74) is 7.94. The van der Waals surface area contributed by atoms with Crippen molar-refractivity contribution in [1.82, 2.24) is 0 Å². The number of nitrogen functional groups attached to an aromatic ring is 1. The molecule has 0 aliphatic carbocycles. The van der Waals surface area contributed by atoms with Gasteiger partial charge in [-0.2, -0.15) is 0 Å². The fraction of sp³-hybridized carbons (Fsp3) is 0.273. The molecule has 0 unspecified atom stereocenters. The molecule has 2 rings (SSSR count). The summed E-state index contributed by atoms with van der Waals surface area (Å²) in [6.45, 7) is 2.15. The van der Waals surface area contributed by atoms with E-state index in [1.165, 1.54) is 15.6 Å². The minimum Gasteiger partial charge on any atom is -0.495 e. The predicted molar refractivity (Wildman–Crippen MR) is 62.2 cm³/mol. The van der Waals surface area contributed by atoms with Crippen LogP contribution in [-0.4, -0.2) is 7.11 Å². The smallest absolute Gasteiger partial charge is 0.143 e. The number of fused-ring (bicyclic) bond motifs is 1. The standard InChI is InChI=1S/C11H13NOS/c1-3-7-6-14-11-5-10(13-2)9(12)4-8(7)11/h4-6H,3,12H2,1-2H3. The largest absolute Gasteiger partial charge is 0.495 e. The van der Waals surface area contributed by atoms with E-state index in [2.05, 4.69) is 12.3 Å². The summed E-state index contributed by atoms with van der Waals surface area (Å²) in [5, 5.41) is 3.44. The Balaban J connectivity index is 2.69. The highest BCUT2D eigenvalue weighted by atomic mass is 32.1. The summed E-state index contributed by atoms with van der Waals surface area (Å²) < 4.78 is 6.42. The number of nitrogens with two attached hydrogens (primary N) is 1. The predicted octanol–water partition coefficient (Wildman–Crippen LogP) is 3.05. The first-order valence-electron chi connectivity index (χ1n) is 4.59. The second kappa shape index (κ2) is 3.50. The number of anilines is 1. The van der Waals surface area contributed by atoms with Crippen LogP contribution in [0, 0.1) is 0 Å². The lowest BCUT2D eigenvalue weighted by Crippen LogP contribution is -1.91. The molecule has 1 aromatic heterocycles. The highest BCUT2D eigenvalue weighted by Crippen LogP contribution is 2.33. The molecule has 1 aromatic carbocycles. The third-order valence-corrected chi connectivity index (χ3v) is 3.38. The van der Waals surface area contributed by atoms with Crippen molar-refractivity contribution in [3.8, 4) is 5.75 Å². The van der Waals surface area contributed by atoms with Crippen molar-refractivity contribution in [2.75, 3.05) is 12.8 Å². The van der Waals surface area contributed by atoms with Crippen molar-refractivity contribution in [1.29, 1.82) is 0 Å². The quantitative estimate of drug-likeness (QED) is 0.768. The van der Waals surface area contributed by atoms with E-state index in [9.17, 15) is 0 Å². The third-order valence-electron chi connectivity index (χ3n) is 2.39. The molecule has 74 valence electrons. The molecular weight excluding hydrogens is 194 g/mol. The van der Waals surface area contributed by atoms with E-state index < -0.39 is 0 Å². The number of hydrogen-bond acceptors (Lipinski definition) is 3. The average Bonchev–Trinajstić information content (AvgIpc) is 2.58. The van der Waals surface area contributed by atoms with Gasteiger partial charge in [0.1, 0.15) is 5.75 Å². The number of benzene rings is 1. The molecule has 0 radical (unpaired) electrons. The van der Waals surface area contributed by atoms with E-state index in [4.69, 9.17) is 10.5 Å². The first-order valence-corrected chi connectivity index (χ1v) is 5.47. The molecule has 0 aliphatic rings. The lowest BCUT2D eigenvalue weighted by atomic mass is 10.1. The minimum absolute atomic E-state index is 0.716. The minimum atomic E-state index is 0.716. The molecule has 1 heterocycles. The summed E-state index contributed by atoms with van der Waals surface area (Å²) in [4.78, 5) is 0. The monoisotopic (exact) mass is 207 g/mol. The number of methoxy groups -OCH3 is 1. The number of ether oxygens (including phenoxy) is 1. The van der Waals surface area contributed by atoms with Crippen molar-refractivity contribution < 1.29 is 4.74 Å². The molecule has 0 fully saturated rings. The van der Waals surface area contributed by atoms with Crippen LogP contribution in [-0.2, 0) is 6.42 Å². The normalized spacial score (nSPS) is 10.7. The molecule has 0 aliphatic heterocycles. The molecule has 2 nitrogen and oxygen atoms in total. The fourth-order valence-corrected chi connectivity index (χ4v) is 2.63. The Morgan fingerprint density at radius 2 is 2.21 bits per heavy atom. The second-order valence-corrected chi connectivity index (χ2v) is 4.12. The SMILES string of the molecule is CCc1csc2cc(OC)c(N)cc12. The first-order chi connectivity index (χ1) is 6.76. The molecule has 0 amide bonds. The molecule has 14 heavy (non-hydrogen) atoms. The Morgan fingerprint density at radius 1 is 1.43 bits per heavy atom. The van der Waals surface area contributed by atoms with E-state index in [1.807, 2.05) is 12.1 Å². The van der Waals surface area contributed by atoms with Gasteiger partial charge in [0.2, 0.25) is 0 Å². The van der Waals surface area contributed by atoms with Crippen LogP contribution in [0.15, 0.2) is 17.5 Å². The lowest BCUT2D eigenvalue weighted by Gasteiger charge is -2.04. The zero-order valence-corrected chi connectivity index (χ0v) is 9.15. The maximum atomic E-state index is 5.86. The summed E-state index contributed by atoms with van der Waals surface area (Å²) in [6.07, 6.45) is 1.05. The highest BCUT2D eigenvalue weighted by molar-refractivity contribution is 7.17. The molecule has 0 spiro atoms. The second-order valence-electron chi connectivity index (χ2n) is 3.20. The van der Waals surface area contributed by atoms with Gasteiger partial charge >= 0.3 is 0 Å². The van der Waals surface area contributed by atoms with E-state index >= 15 is 0 Å². The van der Waals surface area contributed by atoms with Gasteiger partial charge in [-0.1, -0.05) is 6.92 Å². The van der Waals surface area contributed by atoms with E-state index in [-0.39, 0.29) is 0 Å². The van der Waals surface area contributed by atoms with Gasteiger partial charge in [-0.25, -0.2) is 0 Å². The van der Waals surface area contributed by atoms with Crippen LogP contribution in [0.4, 0.5) is 5.69 Å². The topological polar surface area (TPSA) is 35.2 Å². The van der Waals surface area contributed by atoms with Gasteiger partial charge in [0.15, 0.2) is 0 Å². The Morgan fingerprint density at radius 3 is 2.86 bits per heavy atom. The molecular formula is C11H13NOS. The molecule has 0 saturated heterocycles. The number of aryl methyl sites for hydroxylation is 1. The van der Waals surface area contributed by atoms with Gasteiger partial charge in [-0.3, -0.25) is 0 Å². The molecule has 3 heteroatoms. The maximum absolute atomic E-state index is 5.86. The van der Waals surface area contributed by atoms with E-state index in [0.717, 1.165) is 12.2 Å². The Labute approximate surface area is 87.3 Å². The Bertz CT molecular complexity index is 462. The fourth-order valence-electron chi connectivity index (χ4n) is 1.58. The van der Waals surface area contributed by atoms with Gasteiger partial charge in [0.05, 0.1) is 12.8 Å². The van der Waals surface area contributed by atoms with Gasteiger partial charge < -0.3 is 10.5 Å². The molecule has 0 bridgehead atoms. The van der Waals surface area contributed by atoms with E-state index in [0.29, 0.717) is 5.69 Å². The molecule has 0 saturated carbocycles. The molecule has 2 N–H and O–H groups in total. The van der Waals surface area contributed by atoms with Crippen molar-refractivity contribution in [2.45, 2.75) is 13.3 Å². The molecule has 0 atom stereocenters. The van der Waals surface area contributed by atoms with Crippen molar-refractivity contribution in [2.24, 2.45) is 0 Å². The highest BCUT2D eigenvalue weighted by Gasteiger charge is 2.06. The van der Waals surface area contributed by atoms with Gasteiger partial charge in [0.25, 0.3) is 0 Å². The number of thiophene rings is 1. The van der Waals surface area contributed by atoms with Crippen LogP contribution in [0.1, 0.15) is 12.5 Å². The summed E-state index contributed by atoms with van der Waals surface area (Å²) in [5.74, 6) is 0.766. The van der Waals surface area contributed by atoms with Crippen LogP contribution >= 0.6 is 11.3 Å².